The van der Waals surface area contributed by atoms with Crippen LogP contribution >= 0.6 is 23.2 Å². The summed E-state index contributed by atoms with van der Waals surface area (Å²) >= 11 is 12.0. The first kappa shape index (κ1) is 16.5. The number of methoxy groups -OCH3 is 1. The quantitative estimate of drug-likeness (QED) is 0.592. The van der Waals surface area contributed by atoms with E-state index >= 15 is 0 Å². The zero-order chi connectivity index (χ0) is 16.3. The van der Waals surface area contributed by atoms with E-state index < -0.39 is 11.9 Å². The second-order valence-corrected chi connectivity index (χ2v) is 5.19. The van der Waals surface area contributed by atoms with Crippen molar-refractivity contribution in [1.29, 1.82) is 0 Å². The van der Waals surface area contributed by atoms with Gasteiger partial charge in [-0.05, 0) is 25.1 Å². The summed E-state index contributed by atoms with van der Waals surface area (Å²) < 4.78 is 24.1. The van der Waals surface area contributed by atoms with Crippen LogP contribution in [0.3, 0.4) is 0 Å². The highest BCUT2D eigenvalue weighted by Gasteiger charge is 2.19. The maximum absolute atomic E-state index is 13.6. The Balaban J connectivity index is 2.31. The van der Waals surface area contributed by atoms with Gasteiger partial charge in [-0.2, -0.15) is 0 Å². The van der Waals surface area contributed by atoms with Crippen LogP contribution in [0.1, 0.15) is 28.9 Å². The van der Waals surface area contributed by atoms with Gasteiger partial charge in [0.2, 0.25) is 5.88 Å². The molecule has 0 saturated heterocycles. The number of carbonyl (C=O) groups excluding carboxylic acids is 1. The number of ether oxygens (including phenoxy) is 2. The van der Waals surface area contributed by atoms with Gasteiger partial charge < -0.3 is 9.47 Å². The van der Waals surface area contributed by atoms with Crippen molar-refractivity contribution in [1.82, 2.24) is 4.98 Å². The van der Waals surface area contributed by atoms with Gasteiger partial charge in [-0.25, -0.2) is 9.37 Å². The molecule has 0 amide bonds. The van der Waals surface area contributed by atoms with Crippen LogP contribution in [0.2, 0.25) is 10.0 Å². The van der Waals surface area contributed by atoms with Crippen LogP contribution in [0.4, 0.5) is 4.39 Å². The molecule has 4 nitrogen and oxygen atoms in total. The lowest BCUT2D eigenvalue weighted by Gasteiger charge is -2.18. The van der Waals surface area contributed by atoms with Crippen molar-refractivity contribution in [2.45, 2.75) is 13.0 Å². The molecule has 0 spiro atoms. The highest BCUT2D eigenvalue weighted by atomic mass is 35.5. The SMILES string of the molecule is COc1ncc(O[C@H](C)c2c(Cl)ccc(F)c2Cl)cc1C=O. The Morgan fingerprint density at radius 2 is 2.09 bits per heavy atom. The Kier molecular flexibility index (Phi) is 5.21. The number of pyridine rings is 1. The fourth-order valence-electron chi connectivity index (χ4n) is 1.95. The smallest absolute Gasteiger partial charge is 0.224 e. The van der Waals surface area contributed by atoms with Crippen molar-refractivity contribution < 1.29 is 18.7 Å². The molecule has 0 fully saturated rings. The lowest BCUT2D eigenvalue weighted by atomic mass is 10.1. The Labute approximate surface area is 136 Å². The molecule has 116 valence electrons. The zero-order valence-corrected chi connectivity index (χ0v) is 13.3. The van der Waals surface area contributed by atoms with Crippen molar-refractivity contribution in [2.24, 2.45) is 0 Å². The summed E-state index contributed by atoms with van der Waals surface area (Å²) in [5.41, 5.74) is 0.565. The summed E-state index contributed by atoms with van der Waals surface area (Å²) in [5.74, 6) is -0.0819. The average Bonchev–Trinajstić information content (AvgIpc) is 2.51. The Hall–Kier alpha value is -1.85. The minimum Gasteiger partial charge on any atom is -0.484 e. The van der Waals surface area contributed by atoms with E-state index in [0.29, 0.717) is 17.6 Å². The highest BCUT2D eigenvalue weighted by Crippen LogP contribution is 2.35. The van der Waals surface area contributed by atoms with Gasteiger partial charge in [-0.15, -0.1) is 0 Å². The molecule has 0 unspecified atom stereocenters. The molecule has 0 N–H and O–H groups in total. The molecule has 7 heteroatoms. The predicted molar refractivity (Wildman–Crippen MR) is 81.6 cm³/mol. The second kappa shape index (κ2) is 6.94. The Morgan fingerprint density at radius 1 is 1.36 bits per heavy atom. The molecule has 1 aromatic heterocycles. The van der Waals surface area contributed by atoms with Crippen molar-refractivity contribution in [3.05, 3.63) is 51.4 Å². The maximum atomic E-state index is 13.6. The van der Waals surface area contributed by atoms with E-state index in [0.717, 1.165) is 0 Å². The van der Waals surface area contributed by atoms with E-state index in [1.165, 1.54) is 31.5 Å². The highest BCUT2D eigenvalue weighted by molar-refractivity contribution is 6.36. The molecule has 2 aromatic rings. The molecule has 1 heterocycles. The number of carbonyl (C=O) groups is 1. The molecule has 22 heavy (non-hydrogen) atoms. The largest absolute Gasteiger partial charge is 0.484 e. The third-order valence-corrected chi connectivity index (χ3v) is 3.69. The first-order valence-corrected chi connectivity index (χ1v) is 7.02. The minimum absolute atomic E-state index is 0.0999. The van der Waals surface area contributed by atoms with Gasteiger partial charge in [0.25, 0.3) is 0 Å². The standard InChI is InChI=1S/C15H12Cl2FNO3/c1-8(13-11(16)3-4-12(18)14(13)17)22-10-5-9(7-20)15(21-2)19-6-10/h3-8H,1-2H3/t8-/m1/s1. The fraction of sp³-hybridized carbons (Fsp3) is 0.200. The first-order valence-electron chi connectivity index (χ1n) is 6.27. The van der Waals surface area contributed by atoms with Crippen LogP contribution in [0.15, 0.2) is 24.4 Å². The zero-order valence-electron chi connectivity index (χ0n) is 11.8. The topological polar surface area (TPSA) is 48.4 Å². The van der Waals surface area contributed by atoms with Crippen molar-refractivity contribution >= 4 is 29.5 Å². The van der Waals surface area contributed by atoms with Gasteiger partial charge in [0.05, 0.1) is 23.9 Å². The molecule has 0 radical (unpaired) electrons. The average molecular weight is 344 g/mol. The summed E-state index contributed by atoms with van der Waals surface area (Å²) in [6.07, 6.45) is 1.36. The van der Waals surface area contributed by atoms with Crippen LogP contribution in [-0.4, -0.2) is 18.4 Å². The molecular weight excluding hydrogens is 332 g/mol. The number of benzene rings is 1. The summed E-state index contributed by atoms with van der Waals surface area (Å²) in [7, 11) is 1.41. The van der Waals surface area contributed by atoms with Gasteiger partial charge in [0.15, 0.2) is 6.29 Å². The van der Waals surface area contributed by atoms with Gasteiger partial charge in [-0.3, -0.25) is 4.79 Å². The lowest BCUT2D eigenvalue weighted by Crippen LogP contribution is -2.06. The predicted octanol–water partition coefficient (Wildman–Crippen LogP) is 4.49. The number of hydrogen-bond donors (Lipinski definition) is 0. The van der Waals surface area contributed by atoms with Crippen LogP contribution in [0, 0.1) is 5.82 Å². The Bertz CT molecular complexity index is 709. The second-order valence-electron chi connectivity index (χ2n) is 4.40. The summed E-state index contributed by atoms with van der Waals surface area (Å²) in [6, 6.07) is 4.05. The van der Waals surface area contributed by atoms with Crippen molar-refractivity contribution in [2.75, 3.05) is 7.11 Å². The molecule has 1 atom stereocenters. The molecular formula is C15H12Cl2FNO3. The summed E-state index contributed by atoms with van der Waals surface area (Å²) in [4.78, 5) is 14.9. The molecule has 0 bridgehead atoms. The number of rotatable bonds is 5. The number of nitrogens with zero attached hydrogens (tertiary/aromatic N) is 1. The number of halogens is 3. The summed E-state index contributed by atoms with van der Waals surface area (Å²) in [6.45, 7) is 1.66. The molecule has 0 aliphatic carbocycles. The van der Waals surface area contributed by atoms with Crippen LogP contribution < -0.4 is 9.47 Å². The molecule has 0 saturated carbocycles. The number of aldehydes is 1. The van der Waals surface area contributed by atoms with Crippen molar-refractivity contribution in [3.8, 4) is 11.6 Å². The maximum Gasteiger partial charge on any atom is 0.224 e. The molecule has 2 rings (SSSR count). The van der Waals surface area contributed by atoms with Crippen molar-refractivity contribution in [3.63, 3.8) is 0 Å². The summed E-state index contributed by atoms with van der Waals surface area (Å²) in [5, 5.41) is 0.188. The lowest BCUT2D eigenvalue weighted by molar-refractivity contribution is 0.111. The van der Waals surface area contributed by atoms with Gasteiger partial charge in [0.1, 0.15) is 17.7 Å². The molecule has 0 aliphatic rings. The van der Waals surface area contributed by atoms with Crippen LogP contribution in [0.25, 0.3) is 0 Å². The van der Waals surface area contributed by atoms with E-state index in [-0.39, 0.29) is 21.5 Å². The normalized spacial score (nSPS) is 11.9. The van der Waals surface area contributed by atoms with E-state index in [9.17, 15) is 9.18 Å². The van der Waals surface area contributed by atoms with E-state index in [1.807, 2.05) is 0 Å². The van der Waals surface area contributed by atoms with Crippen LogP contribution in [0.5, 0.6) is 11.6 Å². The number of hydrogen-bond acceptors (Lipinski definition) is 4. The van der Waals surface area contributed by atoms with Crippen LogP contribution in [-0.2, 0) is 0 Å². The first-order chi connectivity index (χ1) is 10.5. The van der Waals surface area contributed by atoms with Gasteiger partial charge >= 0.3 is 0 Å². The van der Waals surface area contributed by atoms with Gasteiger partial charge in [-0.1, -0.05) is 23.2 Å². The Morgan fingerprint density at radius 3 is 2.73 bits per heavy atom. The number of aromatic nitrogens is 1. The van der Waals surface area contributed by atoms with E-state index in [4.69, 9.17) is 32.7 Å². The van der Waals surface area contributed by atoms with Gasteiger partial charge in [0, 0.05) is 10.6 Å². The van der Waals surface area contributed by atoms with E-state index in [2.05, 4.69) is 4.98 Å². The molecule has 0 aliphatic heterocycles. The minimum atomic E-state index is -0.634. The molecule has 1 aromatic carbocycles. The van der Waals surface area contributed by atoms with E-state index in [1.54, 1.807) is 6.92 Å². The monoisotopic (exact) mass is 343 g/mol. The third kappa shape index (κ3) is 3.31. The fourth-order valence-corrected chi connectivity index (χ4v) is 2.62. The third-order valence-electron chi connectivity index (χ3n) is 2.97.